The summed E-state index contributed by atoms with van der Waals surface area (Å²) in [6, 6.07) is 7.37. The van der Waals surface area contributed by atoms with Gasteiger partial charge >= 0.3 is 0 Å². The van der Waals surface area contributed by atoms with Gasteiger partial charge in [-0.15, -0.1) is 5.10 Å². The fourth-order valence-corrected chi connectivity index (χ4v) is 2.31. The Hall–Kier alpha value is -2.34. The van der Waals surface area contributed by atoms with Crippen LogP contribution in [0.2, 0.25) is 5.02 Å². The molecule has 0 saturated carbocycles. The highest BCUT2D eigenvalue weighted by Crippen LogP contribution is 2.22. The molecule has 21 heavy (non-hydrogen) atoms. The van der Waals surface area contributed by atoms with Crippen LogP contribution in [-0.2, 0) is 13.0 Å². The summed E-state index contributed by atoms with van der Waals surface area (Å²) in [5, 5.41) is 8.54. The van der Waals surface area contributed by atoms with Crippen molar-refractivity contribution in [3.63, 3.8) is 0 Å². The zero-order valence-corrected chi connectivity index (χ0v) is 12.2. The van der Waals surface area contributed by atoms with Crippen LogP contribution in [0.5, 0.6) is 0 Å². The van der Waals surface area contributed by atoms with E-state index in [9.17, 15) is 0 Å². The van der Waals surface area contributed by atoms with E-state index >= 15 is 0 Å². The molecule has 0 aliphatic heterocycles. The van der Waals surface area contributed by atoms with Crippen molar-refractivity contribution >= 4 is 17.4 Å². The lowest BCUT2D eigenvalue weighted by atomic mass is 10.2. The highest BCUT2D eigenvalue weighted by molar-refractivity contribution is 6.30. The van der Waals surface area contributed by atoms with E-state index in [4.69, 9.17) is 21.8 Å². The lowest BCUT2D eigenvalue weighted by molar-refractivity contribution is 0.566. The van der Waals surface area contributed by atoms with Crippen LogP contribution in [0, 0.1) is 0 Å². The minimum absolute atomic E-state index is 0.455. The first-order valence-corrected chi connectivity index (χ1v) is 6.93. The van der Waals surface area contributed by atoms with E-state index in [-0.39, 0.29) is 0 Å². The van der Waals surface area contributed by atoms with Gasteiger partial charge in [0.2, 0.25) is 5.89 Å². The molecule has 1 aromatic carbocycles. The topological polar surface area (TPSA) is 82.8 Å². The zero-order chi connectivity index (χ0) is 14.8. The van der Waals surface area contributed by atoms with Crippen LogP contribution in [0.1, 0.15) is 18.3 Å². The van der Waals surface area contributed by atoms with Gasteiger partial charge in [-0.2, -0.15) is 0 Å². The number of nitrogens with two attached hydrogens (primary N) is 1. The number of benzene rings is 1. The normalized spacial score (nSPS) is 11.0. The van der Waals surface area contributed by atoms with Crippen molar-refractivity contribution in [3.05, 3.63) is 46.9 Å². The van der Waals surface area contributed by atoms with Crippen LogP contribution in [0.25, 0.3) is 11.5 Å². The summed E-state index contributed by atoms with van der Waals surface area (Å²) in [6.07, 6.45) is 2.37. The van der Waals surface area contributed by atoms with Gasteiger partial charge in [-0.1, -0.05) is 29.8 Å². The molecule has 108 valence electrons. The number of nitrogens with zero attached hydrogens (tertiary/aromatic N) is 4. The predicted octanol–water partition coefficient (Wildman–Crippen LogP) is 2.78. The first-order valence-electron chi connectivity index (χ1n) is 6.55. The molecule has 2 N–H and O–H groups in total. The van der Waals surface area contributed by atoms with Crippen LogP contribution in [0.3, 0.4) is 0 Å². The molecular formula is C14H14ClN5O. The van der Waals surface area contributed by atoms with Crippen molar-refractivity contribution in [2.75, 3.05) is 5.73 Å². The molecule has 0 radical (unpaired) electrons. The van der Waals surface area contributed by atoms with E-state index in [2.05, 4.69) is 15.3 Å². The molecule has 0 bridgehead atoms. The summed E-state index contributed by atoms with van der Waals surface area (Å²) in [6.45, 7) is 2.48. The van der Waals surface area contributed by atoms with E-state index in [1.165, 1.54) is 0 Å². The maximum atomic E-state index is 5.97. The van der Waals surface area contributed by atoms with Gasteiger partial charge in [-0.05, 0) is 24.6 Å². The molecule has 3 aromatic rings. The molecule has 0 spiro atoms. The third kappa shape index (κ3) is 2.75. The predicted molar refractivity (Wildman–Crippen MR) is 79.9 cm³/mol. The van der Waals surface area contributed by atoms with Gasteiger partial charge in [-0.3, -0.25) is 0 Å². The molecule has 2 aromatic heterocycles. The number of oxazole rings is 1. The molecular weight excluding hydrogens is 290 g/mol. The van der Waals surface area contributed by atoms with Gasteiger partial charge in [0.15, 0.2) is 5.82 Å². The van der Waals surface area contributed by atoms with Gasteiger partial charge in [0, 0.05) is 10.6 Å². The van der Waals surface area contributed by atoms with Gasteiger partial charge in [0.25, 0.3) is 0 Å². The fraction of sp³-hybridized carbons (Fsp3) is 0.214. The number of aromatic nitrogens is 4. The second-order valence-corrected chi connectivity index (χ2v) is 5.02. The number of nitrogen functional groups attached to an aromatic ring is 1. The quantitative estimate of drug-likeness (QED) is 0.801. The highest BCUT2D eigenvalue weighted by Gasteiger charge is 2.12. The van der Waals surface area contributed by atoms with E-state index in [0.29, 0.717) is 23.3 Å². The van der Waals surface area contributed by atoms with Gasteiger partial charge in [0.05, 0.1) is 12.2 Å². The minimum Gasteiger partial charge on any atom is -0.444 e. The van der Waals surface area contributed by atoms with E-state index in [1.54, 1.807) is 17.0 Å². The Bertz CT molecular complexity index is 764. The molecule has 0 unspecified atom stereocenters. The number of halogens is 1. The molecule has 0 saturated heterocycles. The van der Waals surface area contributed by atoms with Crippen molar-refractivity contribution in [2.24, 2.45) is 0 Å². The average Bonchev–Trinajstić information content (AvgIpc) is 3.07. The number of hydrogen-bond donors (Lipinski definition) is 1. The van der Waals surface area contributed by atoms with Gasteiger partial charge in [0.1, 0.15) is 12.0 Å². The van der Waals surface area contributed by atoms with Crippen molar-refractivity contribution in [1.29, 1.82) is 0 Å². The molecule has 0 amide bonds. The van der Waals surface area contributed by atoms with Crippen LogP contribution < -0.4 is 5.73 Å². The number of hydrogen-bond acceptors (Lipinski definition) is 5. The Morgan fingerprint density at radius 3 is 3.00 bits per heavy atom. The summed E-state index contributed by atoms with van der Waals surface area (Å²) >= 11 is 5.97. The van der Waals surface area contributed by atoms with Gasteiger partial charge in [-0.25, -0.2) is 9.67 Å². The van der Waals surface area contributed by atoms with Crippen molar-refractivity contribution in [3.8, 4) is 11.5 Å². The second-order valence-electron chi connectivity index (χ2n) is 4.59. The summed E-state index contributed by atoms with van der Waals surface area (Å²) < 4.78 is 7.23. The largest absolute Gasteiger partial charge is 0.444 e. The maximum absolute atomic E-state index is 5.97. The van der Waals surface area contributed by atoms with Crippen molar-refractivity contribution in [1.82, 2.24) is 20.0 Å². The van der Waals surface area contributed by atoms with Crippen LogP contribution >= 0.6 is 11.6 Å². The summed E-state index contributed by atoms with van der Waals surface area (Å²) in [5.41, 5.74) is 8.25. The molecule has 0 aliphatic rings. The Kier molecular flexibility index (Phi) is 3.62. The molecule has 0 atom stereocenters. The maximum Gasteiger partial charge on any atom is 0.226 e. The number of anilines is 1. The van der Waals surface area contributed by atoms with E-state index in [1.807, 2.05) is 25.1 Å². The van der Waals surface area contributed by atoms with Crippen molar-refractivity contribution in [2.45, 2.75) is 19.9 Å². The SMILES string of the molecule is CCc1c(N)nnn1Cc1coc(-c2cccc(Cl)c2)n1. The average molecular weight is 304 g/mol. The molecule has 0 aliphatic carbocycles. The Morgan fingerprint density at radius 2 is 2.24 bits per heavy atom. The Balaban J connectivity index is 1.85. The first-order chi connectivity index (χ1) is 10.2. The molecule has 6 nitrogen and oxygen atoms in total. The van der Waals surface area contributed by atoms with E-state index in [0.717, 1.165) is 23.4 Å². The highest BCUT2D eigenvalue weighted by atomic mass is 35.5. The third-order valence-electron chi connectivity index (χ3n) is 3.14. The summed E-state index contributed by atoms with van der Waals surface area (Å²) in [7, 11) is 0. The fourth-order valence-electron chi connectivity index (χ4n) is 2.12. The van der Waals surface area contributed by atoms with Crippen LogP contribution in [-0.4, -0.2) is 20.0 Å². The lowest BCUT2D eigenvalue weighted by Gasteiger charge is -2.01. The molecule has 7 heteroatoms. The molecule has 3 rings (SSSR count). The summed E-state index contributed by atoms with van der Waals surface area (Å²) in [5.74, 6) is 0.981. The molecule has 2 heterocycles. The zero-order valence-electron chi connectivity index (χ0n) is 11.5. The number of rotatable bonds is 4. The Labute approximate surface area is 126 Å². The first kappa shape index (κ1) is 13.6. The standard InChI is InChI=1S/C14H14ClN5O/c1-2-12-13(16)18-19-20(12)7-11-8-21-14(17-11)9-4-3-5-10(15)6-9/h3-6,8H,2,7,16H2,1H3. The van der Waals surface area contributed by atoms with Crippen LogP contribution in [0.4, 0.5) is 5.82 Å². The van der Waals surface area contributed by atoms with Crippen molar-refractivity contribution < 1.29 is 4.42 Å². The van der Waals surface area contributed by atoms with Gasteiger partial charge < -0.3 is 10.2 Å². The molecule has 0 fully saturated rings. The van der Waals surface area contributed by atoms with Crippen LogP contribution in [0.15, 0.2) is 34.9 Å². The van der Waals surface area contributed by atoms with E-state index < -0.39 is 0 Å². The lowest BCUT2D eigenvalue weighted by Crippen LogP contribution is -2.07. The third-order valence-corrected chi connectivity index (χ3v) is 3.37. The second kappa shape index (κ2) is 5.57. The smallest absolute Gasteiger partial charge is 0.226 e. The Morgan fingerprint density at radius 1 is 1.38 bits per heavy atom. The monoisotopic (exact) mass is 303 g/mol. The minimum atomic E-state index is 0.455. The summed E-state index contributed by atoms with van der Waals surface area (Å²) in [4.78, 5) is 4.45.